The fourth-order valence-electron chi connectivity index (χ4n) is 3.04. The highest BCUT2D eigenvalue weighted by Gasteiger charge is 2.28. The monoisotopic (exact) mass is 290 g/mol. The molecule has 118 valence electrons. The van der Waals surface area contributed by atoms with E-state index in [2.05, 4.69) is 61.4 Å². The molecule has 1 heterocycles. The highest BCUT2D eigenvalue weighted by Crippen LogP contribution is 2.23. The van der Waals surface area contributed by atoms with Gasteiger partial charge in [0, 0.05) is 19.2 Å². The van der Waals surface area contributed by atoms with E-state index in [4.69, 9.17) is 4.74 Å². The van der Waals surface area contributed by atoms with Crippen molar-refractivity contribution in [2.45, 2.75) is 51.3 Å². The van der Waals surface area contributed by atoms with Crippen molar-refractivity contribution in [3.05, 3.63) is 35.9 Å². The van der Waals surface area contributed by atoms with Crippen LogP contribution in [0, 0.1) is 0 Å². The third-order valence-electron chi connectivity index (χ3n) is 4.14. The number of rotatable bonds is 7. The van der Waals surface area contributed by atoms with Gasteiger partial charge in [-0.25, -0.2) is 0 Å². The standard InChI is InChI=1S/C18H30N2O/c1-18(2)14-17(10-13-21-18)19-11-7-12-20(3)15-16-8-5-4-6-9-16/h4-6,8-9,17,19H,7,10-15H2,1-3H3. The summed E-state index contributed by atoms with van der Waals surface area (Å²) in [5, 5.41) is 3.69. The minimum atomic E-state index is 0.0417. The van der Waals surface area contributed by atoms with Crippen molar-refractivity contribution in [3.8, 4) is 0 Å². The summed E-state index contributed by atoms with van der Waals surface area (Å²) in [6.45, 7) is 8.53. The minimum Gasteiger partial charge on any atom is -0.375 e. The van der Waals surface area contributed by atoms with E-state index in [0.29, 0.717) is 6.04 Å². The first-order chi connectivity index (χ1) is 10.1. The van der Waals surface area contributed by atoms with E-state index in [1.54, 1.807) is 0 Å². The lowest BCUT2D eigenvalue weighted by Gasteiger charge is -2.36. The van der Waals surface area contributed by atoms with Crippen molar-refractivity contribution in [3.63, 3.8) is 0 Å². The van der Waals surface area contributed by atoms with Crippen LogP contribution in [0.2, 0.25) is 0 Å². The summed E-state index contributed by atoms with van der Waals surface area (Å²) in [5.74, 6) is 0. The number of ether oxygens (including phenoxy) is 1. The molecule has 1 fully saturated rings. The van der Waals surface area contributed by atoms with Crippen LogP contribution in [-0.2, 0) is 11.3 Å². The average molecular weight is 290 g/mol. The number of hydrogen-bond acceptors (Lipinski definition) is 3. The topological polar surface area (TPSA) is 24.5 Å². The van der Waals surface area contributed by atoms with Gasteiger partial charge in [0.2, 0.25) is 0 Å². The Morgan fingerprint density at radius 3 is 2.76 bits per heavy atom. The molecule has 3 heteroatoms. The van der Waals surface area contributed by atoms with Crippen LogP contribution in [0.4, 0.5) is 0 Å². The molecule has 1 aliphatic heterocycles. The summed E-state index contributed by atoms with van der Waals surface area (Å²) in [6.07, 6.45) is 3.46. The quantitative estimate of drug-likeness (QED) is 0.781. The predicted octanol–water partition coefficient (Wildman–Crippen LogP) is 3.06. The third-order valence-corrected chi connectivity index (χ3v) is 4.14. The maximum Gasteiger partial charge on any atom is 0.0641 e. The Hall–Kier alpha value is -0.900. The molecule has 0 spiro atoms. The van der Waals surface area contributed by atoms with Crippen LogP contribution in [0.25, 0.3) is 0 Å². The smallest absolute Gasteiger partial charge is 0.0641 e. The number of nitrogens with one attached hydrogen (secondary N) is 1. The Balaban J connectivity index is 1.59. The molecule has 1 aromatic rings. The summed E-state index contributed by atoms with van der Waals surface area (Å²) < 4.78 is 5.76. The van der Waals surface area contributed by atoms with Crippen LogP contribution in [0.15, 0.2) is 30.3 Å². The van der Waals surface area contributed by atoms with Gasteiger partial charge in [-0.15, -0.1) is 0 Å². The molecule has 1 N–H and O–H groups in total. The average Bonchev–Trinajstić information content (AvgIpc) is 2.44. The van der Waals surface area contributed by atoms with Gasteiger partial charge in [-0.2, -0.15) is 0 Å². The molecule has 1 aromatic carbocycles. The minimum absolute atomic E-state index is 0.0417. The molecule has 2 rings (SSSR count). The molecule has 0 aromatic heterocycles. The van der Waals surface area contributed by atoms with Gasteiger partial charge in [0.15, 0.2) is 0 Å². The van der Waals surface area contributed by atoms with Gasteiger partial charge in [-0.05, 0) is 58.8 Å². The zero-order valence-corrected chi connectivity index (χ0v) is 13.8. The second-order valence-corrected chi connectivity index (χ2v) is 6.83. The van der Waals surface area contributed by atoms with Gasteiger partial charge in [-0.1, -0.05) is 30.3 Å². The van der Waals surface area contributed by atoms with E-state index in [9.17, 15) is 0 Å². The Labute approximate surface area is 129 Å². The van der Waals surface area contributed by atoms with Crippen LogP contribution in [0.5, 0.6) is 0 Å². The Morgan fingerprint density at radius 1 is 1.29 bits per heavy atom. The molecule has 3 nitrogen and oxygen atoms in total. The lowest BCUT2D eigenvalue weighted by Crippen LogP contribution is -2.44. The van der Waals surface area contributed by atoms with E-state index in [1.165, 1.54) is 12.0 Å². The first-order valence-corrected chi connectivity index (χ1v) is 8.15. The van der Waals surface area contributed by atoms with Gasteiger partial charge < -0.3 is 15.0 Å². The van der Waals surface area contributed by atoms with Gasteiger partial charge in [0.05, 0.1) is 5.60 Å². The van der Waals surface area contributed by atoms with E-state index in [0.717, 1.165) is 39.1 Å². The van der Waals surface area contributed by atoms with Gasteiger partial charge >= 0.3 is 0 Å². The molecule has 0 bridgehead atoms. The van der Waals surface area contributed by atoms with Crippen molar-refractivity contribution in [1.29, 1.82) is 0 Å². The Kier molecular flexibility index (Phi) is 6.22. The fraction of sp³-hybridized carbons (Fsp3) is 0.667. The lowest BCUT2D eigenvalue weighted by molar-refractivity contribution is -0.0628. The molecular formula is C18H30N2O. The first kappa shape index (κ1) is 16.5. The normalized spacial score (nSPS) is 21.6. The van der Waals surface area contributed by atoms with Crippen molar-refractivity contribution < 1.29 is 4.74 Å². The fourth-order valence-corrected chi connectivity index (χ4v) is 3.04. The number of hydrogen-bond donors (Lipinski definition) is 1. The van der Waals surface area contributed by atoms with Crippen molar-refractivity contribution in [2.75, 3.05) is 26.7 Å². The SMILES string of the molecule is CN(CCCNC1CCOC(C)(C)C1)Cc1ccccc1. The molecule has 0 aliphatic carbocycles. The van der Waals surface area contributed by atoms with Crippen LogP contribution in [0.1, 0.15) is 38.7 Å². The molecule has 0 saturated carbocycles. The first-order valence-electron chi connectivity index (χ1n) is 8.15. The largest absolute Gasteiger partial charge is 0.375 e. The second kappa shape index (κ2) is 7.92. The van der Waals surface area contributed by atoms with Crippen LogP contribution >= 0.6 is 0 Å². The van der Waals surface area contributed by atoms with Gasteiger partial charge in [-0.3, -0.25) is 0 Å². The zero-order valence-electron chi connectivity index (χ0n) is 13.8. The molecule has 0 radical (unpaired) electrons. The summed E-state index contributed by atoms with van der Waals surface area (Å²) in [5.41, 5.74) is 1.43. The van der Waals surface area contributed by atoms with Crippen LogP contribution in [0.3, 0.4) is 0 Å². The number of nitrogens with zero attached hydrogens (tertiary/aromatic N) is 1. The maximum absolute atomic E-state index is 5.76. The summed E-state index contributed by atoms with van der Waals surface area (Å²) >= 11 is 0. The van der Waals surface area contributed by atoms with Crippen molar-refractivity contribution in [1.82, 2.24) is 10.2 Å². The summed E-state index contributed by atoms with van der Waals surface area (Å²) in [6, 6.07) is 11.3. The molecule has 1 unspecified atom stereocenters. The molecule has 21 heavy (non-hydrogen) atoms. The van der Waals surface area contributed by atoms with E-state index >= 15 is 0 Å². The summed E-state index contributed by atoms with van der Waals surface area (Å²) in [7, 11) is 2.20. The predicted molar refractivity (Wildman–Crippen MR) is 88.4 cm³/mol. The van der Waals surface area contributed by atoms with Crippen LogP contribution in [-0.4, -0.2) is 43.3 Å². The van der Waals surface area contributed by atoms with Crippen LogP contribution < -0.4 is 5.32 Å². The highest BCUT2D eigenvalue weighted by molar-refractivity contribution is 5.14. The van der Waals surface area contributed by atoms with Crippen molar-refractivity contribution >= 4 is 0 Å². The second-order valence-electron chi connectivity index (χ2n) is 6.83. The summed E-state index contributed by atoms with van der Waals surface area (Å²) in [4.78, 5) is 2.39. The third kappa shape index (κ3) is 6.16. The van der Waals surface area contributed by atoms with E-state index in [1.807, 2.05) is 0 Å². The van der Waals surface area contributed by atoms with E-state index in [-0.39, 0.29) is 5.60 Å². The van der Waals surface area contributed by atoms with Gasteiger partial charge in [0.25, 0.3) is 0 Å². The zero-order chi connectivity index (χ0) is 15.1. The maximum atomic E-state index is 5.76. The Morgan fingerprint density at radius 2 is 2.05 bits per heavy atom. The molecule has 0 amide bonds. The molecular weight excluding hydrogens is 260 g/mol. The lowest BCUT2D eigenvalue weighted by atomic mass is 9.94. The Bertz CT molecular complexity index is 405. The molecule has 1 saturated heterocycles. The molecule has 1 atom stereocenters. The highest BCUT2D eigenvalue weighted by atomic mass is 16.5. The number of benzene rings is 1. The van der Waals surface area contributed by atoms with E-state index < -0.39 is 0 Å². The van der Waals surface area contributed by atoms with Crippen molar-refractivity contribution in [2.24, 2.45) is 0 Å². The molecule has 1 aliphatic rings. The van der Waals surface area contributed by atoms with Gasteiger partial charge in [0.1, 0.15) is 0 Å².